The van der Waals surface area contributed by atoms with Gasteiger partial charge in [-0.3, -0.25) is 4.57 Å². The normalized spacial score (nSPS) is 12.1. The topological polar surface area (TPSA) is 78.9 Å². The Labute approximate surface area is 180 Å². The van der Waals surface area contributed by atoms with Crippen LogP contribution in [-0.4, -0.2) is 25.0 Å². The van der Waals surface area contributed by atoms with Crippen molar-refractivity contribution >= 4 is 23.1 Å². The number of thioether (sulfide) groups is 1. The molecule has 0 saturated heterocycles. The van der Waals surface area contributed by atoms with Crippen LogP contribution in [0, 0.1) is 5.82 Å². The first-order valence-corrected chi connectivity index (χ1v) is 10.9. The molecule has 3 aromatic heterocycles. The van der Waals surface area contributed by atoms with Gasteiger partial charge in [0.25, 0.3) is 5.89 Å². The highest BCUT2D eigenvalue weighted by atomic mass is 32.2. The molecule has 7 nitrogen and oxygen atoms in total. The van der Waals surface area contributed by atoms with E-state index in [0.717, 1.165) is 4.88 Å². The Hall–Kier alpha value is -2.98. The maximum atomic E-state index is 13.8. The van der Waals surface area contributed by atoms with E-state index >= 15 is 0 Å². The number of thiophene rings is 1. The largest absolute Gasteiger partial charge is 0.483 e. The van der Waals surface area contributed by atoms with E-state index in [-0.39, 0.29) is 17.6 Å². The smallest absolute Gasteiger partial charge is 0.257 e. The van der Waals surface area contributed by atoms with E-state index in [9.17, 15) is 4.39 Å². The fourth-order valence-electron chi connectivity index (χ4n) is 2.64. The van der Waals surface area contributed by atoms with Gasteiger partial charge in [-0.1, -0.05) is 36.0 Å². The molecule has 0 fully saturated rings. The number of benzene rings is 1. The lowest BCUT2D eigenvalue weighted by molar-refractivity contribution is 0.275. The Balaban J connectivity index is 1.48. The Morgan fingerprint density at radius 3 is 2.87 bits per heavy atom. The number of halogens is 1. The molecular weight excluding hydrogens is 425 g/mol. The predicted molar refractivity (Wildman–Crippen MR) is 113 cm³/mol. The minimum atomic E-state index is -0.423. The molecular formula is C20H18FN5O2S2. The van der Waals surface area contributed by atoms with Crippen LogP contribution in [0.5, 0.6) is 5.75 Å². The van der Waals surface area contributed by atoms with Gasteiger partial charge < -0.3 is 9.15 Å². The fraction of sp³-hybridized carbons (Fsp3) is 0.200. The van der Waals surface area contributed by atoms with Gasteiger partial charge in [0.05, 0.1) is 10.1 Å². The summed E-state index contributed by atoms with van der Waals surface area (Å²) in [6.07, 6.45) is 1.74. The van der Waals surface area contributed by atoms with E-state index < -0.39 is 5.82 Å². The summed E-state index contributed by atoms with van der Waals surface area (Å²) >= 11 is 2.98. The van der Waals surface area contributed by atoms with Crippen LogP contribution in [0.4, 0.5) is 4.39 Å². The van der Waals surface area contributed by atoms with Crippen molar-refractivity contribution in [3.8, 4) is 16.5 Å². The monoisotopic (exact) mass is 443 g/mol. The number of nitrogens with zero attached hydrogens (tertiary/aromatic N) is 5. The average molecular weight is 444 g/mol. The van der Waals surface area contributed by atoms with Crippen molar-refractivity contribution in [1.82, 2.24) is 25.0 Å². The molecule has 0 aliphatic carbocycles. The van der Waals surface area contributed by atoms with E-state index in [4.69, 9.17) is 9.15 Å². The van der Waals surface area contributed by atoms with Crippen LogP contribution in [0.1, 0.15) is 23.9 Å². The van der Waals surface area contributed by atoms with Crippen LogP contribution in [0.2, 0.25) is 0 Å². The average Bonchev–Trinajstić information content (AvgIpc) is 3.49. The molecule has 0 bridgehead atoms. The van der Waals surface area contributed by atoms with E-state index in [1.54, 1.807) is 35.6 Å². The summed E-state index contributed by atoms with van der Waals surface area (Å²) in [6, 6.07) is 10.1. The highest BCUT2D eigenvalue weighted by Crippen LogP contribution is 2.35. The first kappa shape index (κ1) is 20.3. The molecule has 1 unspecified atom stereocenters. The quantitative estimate of drug-likeness (QED) is 0.261. The van der Waals surface area contributed by atoms with Gasteiger partial charge in [0.2, 0.25) is 5.89 Å². The molecule has 0 amide bonds. The van der Waals surface area contributed by atoms with Gasteiger partial charge in [-0.2, -0.15) is 0 Å². The van der Waals surface area contributed by atoms with Crippen molar-refractivity contribution in [3.63, 3.8) is 0 Å². The molecule has 4 aromatic rings. The Morgan fingerprint density at radius 1 is 1.23 bits per heavy atom. The van der Waals surface area contributed by atoms with Crippen LogP contribution in [0.15, 0.2) is 64.0 Å². The standard InChI is InChI=1S/C20H18FN5O2S2/c1-3-10-26-17(12-27-15-8-5-4-7-14(15)21)22-25-20(26)30-13(2)18-23-24-19(28-18)16-9-6-11-29-16/h3-9,11,13H,1,10,12H2,2H3. The number of aromatic nitrogens is 5. The number of hydrogen-bond acceptors (Lipinski definition) is 8. The second kappa shape index (κ2) is 9.23. The van der Waals surface area contributed by atoms with Crippen molar-refractivity contribution in [2.24, 2.45) is 0 Å². The van der Waals surface area contributed by atoms with E-state index in [0.29, 0.717) is 29.3 Å². The third kappa shape index (κ3) is 4.44. The number of allylic oxidation sites excluding steroid dienone is 1. The van der Waals surface area contributed by atoms with Crippen molar-refractivity contribution in [2.75, 3.05) is 0 Å². The van der Waals surface area contributed by atoms with Gasteiger partial charge >= 0.3 is 0 Å². The fourth-order valence-corrected chi connectivity index (χ4v) is 4.19. The molecule has 0 saturated carbocycles. The molecule has 4 rings (SSSR count). The molecule has 0 aliphatic heterocycles. The lowest BCUT2D eigenvalue weighted by Crippen LogP contribution is -2.08. The van der Waals surface area contributed by atoms with Crippen LogP contribution in [0.25, 0.3) is 10.8 Å². The third-order valence-electron chi connectivity index (χ3n) is 4.10. The van der Waals surface area contributed by atoms with Crippen molar-refractivity contribution in [3.05, 3.63) is 72.0 Å². The Bertz CT molecular complexity index is 1130. The summed E-state index contributed by atoms with van der Waals surface area (Å²) in [7, 11) is 0. The zero-order chi connectivity index (χ0) is 20.9. The summed E-state index contributed by atoms with van der Waals surface area (Å²) in [5.74, 6) is 1.31. The molecule has 154 valence electrons. The number of para-hydroxylation sites is 1. The zero-order valence-electron chi connectivity index (χ0n) is 16.1. The van der Waals surface area contributed by atoms with Crippen LogP contribution in [-0.2, 0) is 13.2 Å². The number of hydrogen-bond donors (Lipinski definition) is 0. The molecule has 0 radical (unpaired) electrons. The van der Waals surface area contributed by atoms with Crippen molar-refractivity contribution < 1.29 is 13.5 Å². The first-order chi connectivity index (χ1) is 14.7. The van der Waals surface area contributed by atoms with Gasteiger partial charge in [0, 0.05) is 6.54 Å². The second-order valence-corrected chi connectivity index (χ2v) is 8.46. The molecule has 0 N–H and O–H groups in total. The van der Waals surface area contributed by atoms with Gasteiger partial charge in [0.1, 0.15) is 6.61 Å². The predicted octanol–water partition coefficient (Wildman–Crippen LogP) is 5.15. The minimum Gasteiger partial charge on any atom is -0.483 e. The summed E-state index contributed by atoms with van der Waals surface area (Å²) in [4.78, 5) is 0.924. The molecule has 0 aliphatic rings. The van der Waals surface area contributed by atoms with Gasteiger partial charge in [-0.15, -0.1) is 38.3 Å². The molecule has 1 atom stereocenters. The Morgan fingerprint density at radius 2 is 2.10 bits per heavy atom. The van der Waals surface area contributed by atoms with Crippen molar-refractivity contribution in [1.29, 1.82) is 0 Å². The summed E-state index contributed by atoms with van der Waals surface area (Å²) in [5, 5.41) is 19.2. The Kier molecular flexibility index (Phi) is 6.24. The van der Waals surface area contributed by atoms with Gasteiger partial charge in [-0.05, 0) is 30.5 Å². The summed E-state index contributed by atoms with van der Waals surface area (Å²) in [5.41, 5.74) is 0. The maximum Gasteiger partial charge on any atom is 0.257 e. The third-order valence-corrected chi connectivity index (χ3v) is 6.03. The summed E-state index contributed by atoms with van der Waals surface area (Å²) < 4.78 is 27.1. The van der Waals surface area contributed by atoms with E-state index in [2.05, 4.69) is 27.0 Å². The second-order valence-electron chi connectivity index (χ2n) is 6.20. The SMILES string of the molecule is C=CCn1c(COc2ccccc2F)nnc1SC(C)c1nnc(-c2cccs2)o1. The zero-order valence-corrected chi connectivity index (χ0v) is 17.7. The van der Waals surface area contributed by atoms with Crippen LogP contribution >= 0.6 is 23.1 Å². The lowest BCUT2D eigenvalue weighted by atomic mass is 10.3. The highest BCUT2D eigenvalue weighted by Gasteiger charge is 2.21. The molecule has 1 aromatic carbocycles. The van der Waals surface area contributed by atoms with E-state index in [1.807, 2.05) is 29.0 Å². The molecule has 0 spiro atoms. The lowest BCUT2D eigenvalue weighted by Gasteiger charge is -2.11. The number of ether oxygens (including phenoxy) is 1. The molecule has 3 heterocycles. The van der Waals surface area contributed by atoms with Gasteiger partial charge in [0.15, 0.2) is 22.5 Å². The number of rotatable bonds is 9. The first-order valence-electron chi connectivity index (χ1n) is 9.10. The molecule has 30 heavy (non-hydrogen) atoms. The van der Waals surface area contributed by atoms with Crippen LogP contribution in [0.3, 0.4) is 0 Å². The molecule has 10 heteroatoms. The minimum absolute atomic E-state index is 0.0831. The maximum absolute atomic E-state index is 13.8. The summed E-state index contributed by atoms with van der Waals surface area (Å²) in [6.45, 7) is 6.32. The van der Waals surface area contributed by atoms with Crippen molar-refractivity contribution in [2.45, 2.75) is 30.5 Å². The van der Waals surface area contributed by atoms with Gasteiger partial charge in [-0.25, -0.2) is 4.39 Å². The highest BCUT2D eigenvalue weighted by molar-refractivity contribution is 7.99. The van der Waals surface area contributed by atoms with Crippen LogP contribution < -0.4 is 4.74 Å². The van der Waals surface area contributed by atoms with E-state index in [1.165, 1.54) is 17.8 Å².